The van der Waals surface area contributed by atoms with Crippen LogP contribution in [0.1, 0.15) is 23.2 Å². The molecule has 1 aliphatic carbocycles. The van der Waals surface area contributed by atoms with Crippen molar-refractivity contribution in [3.8, 4) is 0 Å². The Balaban J connectivity index is 2.15. The highest BCUT2D eigenvalue weighted by Gasteiger charge is 2.23. The highest BCUT2D eigenvalue weighted by molar-refractivity contribution is 7.90. The first-order valence-electron chi connectivity index (χ1n) is 5.08. The number of nitrogens with one attached hydrogen (secondary N) is 1. The van der Waals surface area contributed by atoms with Gasteiger partial charge in [0, 0.05) is 17.9 Å². The van der Waals surface area contributed by atoms with Gasteiger partial charge in [0.1, 0.15) is 0 Å². The van der Waals surface area contributed by atoms with Gasteiger partial charge in [0.05, 0.1) is 4.90 Å². The fourth-order valence-corrected chi connectivity index (χ4v) is 1.98. The van der Waals surface area contributed by atoms with Gasteiger partial charge in [0.2, 0.25) is 0 Å². The van der Waals surface area contributed by atoms with Gasteiger partial charge in [-0.25, -0.2) is 8.42 Å². The molecular formula is C11H13NO3S. The number of benzene rings is 1. The van der Waals surface area contributed by atoms with Crippen LogP contribution in [0, 0.1) is 0 Å². The van der Waals surface area contributed by atoms with E-state index in [4.69, 9.17) is 0 Å². The van der Waals surface area contributed by atoms with Crippen molar-refractivity contribution in [2.45, 2.75) is 23.8 Å². The molecule has 1 amide bonds. The highest BCUT2D eigenvalue weighted by atomic mass is 32.2. The van der Waals surface area contributed by atoms with Crippen LogP contribution in [0.5, 0.6) is 0 Å². The van der Waals surface area contributed by atoms with Crippen molar-refractivity contribution in [2.75, 3.05) is 6.26 Å². The van der Waals surface area contributed by atoms with E-state index in [0.29, 0.717) is 11.6 Å². The van der Waals surface area contributed by atoms with Crippen LogP contribution in [0.25, 0.3) is 0 Å². The van der Waals surface area contributed by atoms with E-state index in [9.17, 15) is 13.2 Å². The summed E-state index contributed by atoms with van der Waals surface area (Å²) in [4.78, 5) is 11.8. The van der Waals surface area contributed by atoms with Crippen LogP contribution in [-0.2, 0) is 9.84 Å². The van der Waals surface area contributed by atoms with Crippen molar-refractivity contribution in [1.82, 2.24) is 5.32 Å². The summed E-state index contributed by atoms with van der Waals surface area (Å²) in [5.74, 6) is -0.137. The van der Waals surface area contributed by atoms with Crippen LogP contribution in [0.4, 0.5) is 0 Å². The van der Waals surface area contributed by atoms with Gasteiger partial charge in [-0.05, 0) is 37.1 Å². The van der Waals surface area contributed by atoms with E-state index in [0.717, 1.165) is 19.1 Å². The van der Waals surface area contributed by atoms with Crippen molar-refractivity contribution < 1.29 is 13.2 Å². The third kappa shape index (κ3) is 2.61. The Morgan fingerprint density at radius 1 is 1.25 bits per heavy atom. The first kappa shape index (κ1) is 11.1. The second kappa shape index (κ2) is 3.90. The third-order valence-electron chi connectivity index (χ3n) is 2.46. The zero-order valence-corrected chi connectivity index (χ0v) is 9.75. The maximum atomic E-state index is 11.6. The molecule has 1 aromatic rings. The lowest BCUT2D eigenvalue weighted by Gasteiger charge is -2.03. The van der Waals surface area contributed by atoms with E-state index < -0.39 is 9.84 Å². The normalized spacial score (nSPS) is 15.8. The van der Waals surface area contributed by atoms with Gasteiger partial charge < -0.3 is 5.32 Å². The summed E-state index contributed by atoms with van der Waals surface area (Å²) in [6, 6.07) is 6.29. The molecule has 4 nitrogen and oxygen atoms in total. The maximum absolute atomic E-state index is 11.6. The molecule has 0 spiro atoms. The predicted octanol–water partition coefficient (Wildman–Crippen LogP) is 0.982. The Kier molecular flexibility index (Phi) is 2.71. The molecule has 1 saturated carbocycles. The number of amides is 1. The monoisotopic (exact) mass is 239 g/mol. The van der Waals surface area contributed by atoms with E-state index >= 15 is 0 Å². The minimum Gasteiger partial charge on any atom is -0.349 e. The second-order valence-corrected chi connectivity index (χ2v) is 6.06. The number of carbonyl (C=O) groups is 1. The molecule has 0 saturated heterocycles. The Morgan fingerprint density at radius 2 is 1.81 bits per heavy atom. The van der Waals surface area contributed by atoms with Gasteiger partial charge in [-0.1, -0.05) is 0 Å². The number of hydrogen-bond donors (Lipinski definition) is 1. The van der Waals surface area contributed by atoms with E-state index in [2.05, 4.69) is 5.32 Å². The molecule has 2 rings (SSSR count). The maximum Gasteiger partial charge on any atom is 0.251 e. The lowest BCUT2D eigenvalue weighted by Crippen LogP contribution is -2.25. The molecule has 1 aromatic carbocycles. The molecule has 0 radical (unpaired) electrons. The minimum absolute atomic E-state index is 0.137. The van der Waals surface area contributed by atoms with Crippen molar-refractivity contribution in [1.29, 1.82) is 0 Å². The van der Waals surface area contributed by atoms with Crippen LogP contribution in [0.3, 0.4) is 0 Å². The van der Waals surface area contributed by atoms with Crippen LogP contribution in [0.15, 0.2) is 29.2 Å². The highest BCUT2D eigenvalue weighted by Crippen LogP contribution is 2.19. The lowest BCUT2D eigenvalue weighted by atomic mass is 10.2. The van der Waals surface area contributed by atoms with E-state index in [-0.39, 0.29) is 10.8 Å². The summed E-state index contributed by atoms with van der Waals surface area (Å²) >= 11 is 0. The Labute approximate surface area is 94.6 Å². The predicted molar refractivity (Wildman–Crippen MR) is 60.0 cm³/mol. The Hall–Kier alpha value is -1.36. The molecule has 16 heavy (non-hydrogen) atoms. The largest absolute Gasteiger partial charge is 0.349 e. The van der Waals surface area contributed by atoms with Gasteiger partial charge in [-0.15, -0.1) is 0 Å². The summed E-state index contributed by atoms with van der Waals surface area (Å²) in [5.41, 5.74) is 0.499. The first-order chi connectivity index (χ1) is 7.47. The molecule has 1 fully saturated rings. The van der Waals surface area contributed by atoms with Crippen LogP contribution >= 0.6 is 0 Å². The molecule has 0 aliphatic heterocycles. The zero-order chi connectivity index (χ0) is 11.8. The van der Waals surface area contributed by atoms with E-state index in [1.165, 1.54) is 24.3 Å². The summed E-state index contributed by atoms with van der Waals surface area (Å²) in [6.07, 6.45) is 3.21. The molecule has 0 aromatic heterocycles. The number of rotatable bonds is 3. The SMILES string of the molecule is CS(=O)(=O)c1ccc(C(=O)NC2CC2)cc1. The number of hydrogen-bond acceptors (Lipinski definition) is 3. The summed E-state index contributed by atoms with van der Waals surface area (Å²) in [5, 5.41) is 2.84. The Bertz CT molecular complexity index is 501. The van der Waals surface area contributed by atoms with Gasteiger partial charge in [-0.2, -0.15) is 0 Å². The molecular weight excluding hydrogens is 226 g/mol. The quantitative estimate of drug-likeness (QED) is 0.855. The van der Waals surface area contributed by atoms with Crippen LogP contribution < -0.4 is 5.32 Å². The average molecular weight is 239 g/mol. The number of sulfone groups is 1. The van der Waals surface area contributed by atoms with Crippen molar-refractivity contribution in [3.63, 3.8) is 0 Å². The van der Waals surface area contributed by atoms with Crippen LogP contribution in [-0.4, -0.2) is 26.6 Å². The lowest BCUT2D eigenvalue weighted by molar-refractivity contribution is 0.0951. The molecule has 86 valence electrons. The summed E-state index contributed by atoms with van der Waals surface area (Å²) in [7, 11) is -3.19. The number of carbonyl (C=O) groups excluding carboxylic acids is 1. The van der Waals surface area contributed by atoms with Crippen molar-refractivity contribution >= 4 is 15.7 Å². The molecule has 1 aliphatic rings. The summed E-state index contributed by atoms with van der Waals surface area (Å²) < 4.78 is 22.4. The molecule has 0 bridgehead atoms. The standard InChI is InChI=1S/C11H13NO3S/c1-16(14,15)10-6-2-8(3-7-10)11(13)12-9-4-5-9/h2-3,6-7,9H,4-5H2,1H3,(H,12,13). The van der Waals surface area contributed by atoms with E-state index in [1.807, 2.05) is 0 Å². The molecule has 5 heteroatoms. The topological polar surface area (TPSA) is 63.2 Å². The van der Waals surface area contributed by atoms with Gasteiger partial charge in [0.15, 0.2) is 9.84 Å². The molecule has 1 N–H and O–H groups in total. The van der Waals surface area contributed by atoms with Crippen LogP contribution in [0.2, 0.25) is 0 Å². The fourth-order valence-electron chi connectivity index (χ4n) is 1.35. The smallest absolute Gasteiger partial charge is 0.251 e. The minimum atomic E-state index is -3.19. The second-order valence-electron chi connectivity index (χ2n) is 4.04. The average Bonchev–Trinajstić information content (AvgIpc) is 3.00. The van der Waals surface area contributed by atoms with Gasteiger partial charge in [-0.3, -0.25) is 4.79 Å². The Morgan fingerprint density at radius 3 is 2.25 bits per heavy atom. The summed E-state index contributed by atoms with van der Waals surface area (Å²) in [6.45, 7) is 0. The van der Waals surface area contributed by atoms with Crippen molar-refractivity contribution in [3.05, 3.63) is 29.8 Å². The third-order valence-corrected chi connectivity index (χ3v) is 3.59. The molecule has 0 unspecified atom stereocenters. The van der Waals surface area contributed by atoms with Gasteiger partial charge in [0.25, 0.3) is 5.91 Å². The van der Waals surface area contributed by atoms with Crippen molar-refractivity contribution in [2.24, 2.45) is 0 Å². The molecule has 0 heterocycles. The first-order valence-corrected chi connectivity index (χ1v) is 6.97. The zero-order valence-electron chi connectivity index (χ0n) is 8.93. The van der Waals surface area contributed by atoms with E-state index in [1.54, 1.807) is 0 Å². The molecule has 0 atom stereocenters. The van der Waals surface area contributed by atoms with Gasteiger partial charge >= 0.3 is 0 Å². The fraction of sp³-hybridized carbons (Fsp3) is 0.364.